The van der Waals surface area contributed by atoms with E-state index >= 15 is 0 Å². The molecule has 0 saturated heterocycles. The van der Waals surface area contributed by atoms with E-state index in [1.807, 2.05) is 12.1 Å². The minimum absolute atomic E-state index is 0.202. The molecular weight excluding hydrogens is 290 g/mol. The van der Waals surface area contributed by atoms with Gasteiger partial charge in [-0.1, -0.05) is 43.6 Å². The largest absolute Gasteiger partial charge is 0.489 e. The lowest BCUT2D eigenvalue weighted by molar-refractivity contribution is 0.146. The summed E-state index contributed by atoms with van der Waals surface area (Å²) in [6.45, 7) is 11.7. The summed E-state index contributed by atoms with van der Waals surface area (Å²) in [6.07, 6.45) is 0.202. The minimum atomic E-state index is 0.202. The Hall–Kier alpha value is -0.540. The highest BCUT2D eigenvalue weighted by Crippen LogP contribution is 2.23. The van der Waals surface area contributed by atoms with Crippen LogP contribution in [0.5, 0.6) is 5.75 Å². The Morgan fingerprint density at radius 2 is 1.89 bits per heavy atom. The first-order valence-corrected chi connectivity index (χ1v) is 7.35. The van der Waals surface area contributed by atoms with Crippen molar-refractivity contribution in [2.45, 2.75) is 46.8 Å². The van der Waals surface area contributed by atoms with Crippen LogP contribution in [0.1, 0.15) is 33.3 Å². The van der Waals surface area contributed by atoms with Gasteiger partial charge in [0.1, 0.15) is 11.9 Å². The first kappa shape index (κ1) is 15.5. The molecule has 2 nitrogen and oxygen atoms in total. The third kappa shape index (κ3) is 4.99. The van der Waals surface area contributed by atoms with E-state index in [2.05, 4.69) is 61.9 Å². The van der Waals surface area contributed by atoms with Crippen LogP contribution >= 0.6 is 15.9 Å². The summed E-state index contributed by atoms with van der Waals surface area (Å²) < 4.78 is 7.20. The number of halogens is 1. The molecule has 0 aliphatic heterocycles. The van der Waals surface area contributed by atoms with E-state index in [9.17, 15) is 0 Å². The van der Waals surface area contributed by atoms with E-state index in [-0.39, 0.29) is 6.10 Å². The van der Waals surface area contributed by atoms with Gasteiger partial charge in [-0.2, -0.15) is 0 Å². The standard InChI is InChI=1S/C15H24BrNO/c1-10(2)15(9-17-11(3)4)18-13-6-7-14(16)12(5)8-13/h6-8,10-11,15,17H,9H2,1-5H3. The third-order valence-electron chi connectivity index (χ3n) is 2.89. The first-order chi connectivity index (χ1) is 8.40. The number of rotatable bonds is 6. The fraction of sp³-hybridized carbons (Fsp3) is 0.600. The van der Waals surface area contributed by atoms with Crippen molar-refractivity contribution in [2.24, 2.45) is 5.92 Å². The summed E-state index contributed by atoms with van der Waals surface area (Å²) in [5.41, 5.74) is 1.20. The second kappa shape index (κ2) is 7.15. The normalized spacial score (nSPS) is 13.1. The highest BCUT2D eigenvalue weighted by Gasteiger charge is 2.15. The van der Waals surface area contributed by atoms with Crippen molar-refractivity contribution in [3.05, 3.63) is 28.2 Å². The molecule has 0 spiro atoms. The average Bonchev–Trinajstić information content (AvgIpc) is 2.28. The Labute approximate surface area is 119 Å². The fourth-order valence-corrected chi connectivity index (χ4v) is 1.88. The summed E-state index contributed by atoms with van der Waals surface area (Å²) in [6, 6.07) is 6.62. The number of aryl methyl sites for hydroxylation is 1. The van der Waals surface area contributed by atoms with Crippen LogP contribution in [-0.4, -0.2) is 18.7 Å². The van der Waals surface area contributed by atoms with E-state index in [0.717, 1.165) is 16.8 Å². The number of ether oxygens (including phenoxy) is 1. The third-order valence-corrected chi connectivity index (χ3v) is 3.78. The van der Waals surface area contributed by atoms with Crippen LogP contribution in [0.15, 0.2) is 22.7 Å². The number of hydrogen-bond acceptors (Lipinski definition) is 2. The molecule has 0 radical (unpaired) electrons. The molecule has 3 heteroatoms. The van der Waals surface area contributed by atoms with Crippen LogP contribution in [0, 0.1) is 12.8 Å². The molecule has 1 atom stereocenters. The van der Waals surface area contributed by atoms with Gasteiger partial charge < -0.3 is 10.1 Å². The molecule has 102 valence electrons. The van der Waals surface area contributed by atoms with Crippen molar-refractivity contribution in [3.63, 3.8) is 0 Å². The molecule has 0 heterocycles. The smallest absolute Gasteiger partial charge is 0.120 e. The molecule has 1 unspecified atom stereocenters. The van der Waals surface area contributed by atoms with Gasteiger partial charge in [0.05, 0.1) is 0 Å². The Kier molecular flexibility index (Phi) is 6.16. The van der Waals surface area contributed by atoms with Gasteiger partial charge >= 0.3 is 0 Å². The summed E-state index contributed by atoms with van der Waals surface area (Å²) in [5.74, 6) is 1.43. The summed E-state index contributed by atoms with van der Waals surface area (Å²) in [4.78, 5) is 0. The molecule has 0 bridgehead atoms. The molecule has 0 aliphatic rings. The number of benzene rings is 1. The van der Waals surface area contributed by atoms with Gasteiger partial charge in [0.25, 0.3) is 0 Å². The van der Waals surface area contributed by atoms with Crippen molar-refractivity contribution in [2.75, 3.05) is 6.54 Å². The highest BCUT2D eigenvalue weighted by atomic mass is 79.9. The maximum atomic E-state index is 6.08. The van der Waals surface area contributed by atoms with Crippen molar-refractivity contribution >= 4 is 15.9 Å². The second-order valence-electron chi connectivity index (χ2n) is 5.37. The predicted molar refractivity (Wildman–Crippen MR) is 81.3 cm³/mol. The van der Waals surface area contributed by atoms with Crippen LogP contribution in [0.25, 0.3) is 0 Å². The Morgan fingerprint density at radius 1 is 1.22 bits per heavy atom. The molecule has 1 aromatic carbocycles. The van der Waals surface area contributed by atoms with Gasteiger partial charge in [0.15, 0.2) is 0 Å². The lowest BCUT2D eigenvalue weighted by Gasteiger charge is -2.24. The van der Waals surface area contributed by atoms with Gasteiger partial charge in [-0.25, -0.2) is 0 Å². The van der Waals surface area contributed by atoms with Crippen LogP contribution in [0.4, 0.5) is 0 Å². The molecule has 1 aromatic rings. The minimum Gasteiger partial charge on any atom is -0.489 e. The topological polar surface area (TPSA) is 21.3 Å². The molecular formula is C15H24BrNO. The maximum absolute atomic E-state index is 6.08. The Balaban J connectivity index is 2.67. The summed E-state index contributed by atoms with van der Waals surface area (Å²) >= 11 is 3.51. The zero-order chi connectivity index (χ0) is 13.7. The van der Waals surface area contributed by atoms with Crippen LogP contribution in [0.3, 0.4) is 0 Å². The van der Waals surface area contributed by atoms with E-state index in [4.69, 9.17) is 4.74 Å². The SMILES string of the molecule is Cc1cc(OC(CNC(C)C)C(C)C)ccc1Br. The highest BCUT2D eigenvalue weighted by molar-refractivity contribution is 9.10. The molecule has 0 saturated carbocycles. The Morgan fingerprint density at radius 3 is 2.39 bits per heavy atom. The van der Waals surface area contributed by atoms with E-state index in [1.54, 1.807) is 0 Å². The second-order valence-corrected chi connectivity index (χ2v) is 6.23. The lowest BCUT2D eigenvalue weighted by atomic mass is 10.1. The van der Waals surface area contributed by atoms with Crippen LogP contribution < -0.4 is 10.1 Å². The molecule has 18 heavy (non-hydrogen) atoms. The lowest BCUT2D eigenvalue weighted by Crippen LogP contribution is -2.38. The van der Waals surface area contributed by atoms with Gasteiger partial charge in [-0.05, 0) is 36.6 Å². The molecule has 0 fully saturated rings. The van der Waals surface area contributed by atoms with Gasteiger partial charge in [-0.15, -0.1) is 0 Å². The monoisotopic (exact) mass is 313 g/mol. The summed E-state index contributed by atoms with van der Waals surface area (Å²) in [5, 5.41) is 3.44. The zero-order valence-electron chi connectivity index (χ0n) is 12.0. The molecule has 1 rings (SSSR count). The van der Waals surface area contributed by atoms with Gasteiger partial charge in [0.2, 0.25) is 0 Å². The summed E-state index contributed by atoms with van der Waals surface area (Å²) in [7, 11) is 0. The van der Waals surface area contributed by atoms with Gasteiger partial charge in [-0.3, -0.25) is 0 Å². The van der Waals surface area contributed by atoms with E-state index < -0.39 is 0 Å². The van der Waals surface area contributed by atoms with Crippen LogP contribution in [0.2, 0.25) is 0 Å². The molecule has 1 N–H and O–H groups in total. The molecule has 0 aliphatic carbocycles. The molecule has 0 amide bonds. The average molecular weight is 314 g/mol. The van der Waals surface area contributed by atoms with Gasteiger partial charge in [0, 0.05) is 17.1 Å². The quantitative estimate of drug-likeness (QED) is 0.851. The zero-order valence-corrected chi connectivity index (χ0v) is 13.5. The Bertz CT molecular complexity index is 377. The maximum Gasteiger partial charge on any atom is 0.120 e. The van der Waals surface area contributed by atoms with Crippen molar-refractivity contribution in [3.8, 4) is 5.75 Å². The van der Waals surface area contributed by atoms with Crippen molar-refractivity contribution in [1.29, 1.82) is 0 Å². The predicted octanol–water partition coefficient (Wildman–Crippen LogP) is 4.16. The number of hydrogen-bond donors (Lipinski definition) is 1. The van der Waals surface area contributed by atoms with E-state index in [0.29, 0.717) is 12.0 Å². The molecule has 0 aromatic heterocycles. The van der Waals surface area contributed by atoms with Crippen LogP contribution in [-0.2, 0) is 0 Å². The first-order valence-electron chi connectivity index (χ1n) is 6.56. The number of nitrogens with one attached hydrogen (secondary N) is 1. The van der Waals surface area contributed by atoms with E-state index in [1.165, 1.54) is 5.56 Å². The van der Waals surface area contributed by atoms with Crippen molar-refractivity contribution < 1.29 is 4.74 Å². The van der Waals surface area contributed by atoms with Crippen molar-refractivity contribution in [1.82, 2.24) is 5.32 Å². The fourth-order valence-electron chi connectivity index (χ4n) is 1.63.